The van der Waals surface area contributed by atoms with Crippen LogP contribution in [0.4, 0.5) is 10.3 Å². The summed E-state index contributed by atoms with van der Waals surface area (Å²) in [6.45, 7) is 0. The molecule has 90 valence electrons. The van der Waals surface area contributed by atoms with Gasteiger partial charge in [0.1, 0.15) is 5.82 Å². The lowest BCUT2D eigenvalue weighted by Gasteiger charge is -2.05. The van der Waals surface area contributed by atoms with Gasteiger partial charge in [-0.2, -0.15) is 10.1 Å². The molecule has 0 unspecified atom stereocenters. The Morgan fingerprint density at radius 3 is 2.94 bits per heavy atom. The fraction of sp³-hybridized carbons (Fsp3) is 0. The molecule has 18 heavy (non-hydrogen) atoms. The Kier molecular flexibility index (Phi) is 2.48. The van der Waals surface area contributed by atoms with Crippen LogP contribution in [-0.4, -0.2) is 20.2 Å². The molecule has 3 rings (SSSR count). The molecule has 2 aromatic heterocycles. The van der Waals surface area contributed by atoms with E-state index in [9.17, 15) is 4.39 Å². The number of hydrogen-bond donors (Lipinski definition) is 2. The molecular weight excluding hydrogens is 301 g/mol. The van der Waals surface area contributed by atoms with Crippen molar-refractivity contribution in [2.45, 2.75) is 0 Å². The lowest BCUT2D eigenvalue weighted by molar-refractivity contribution is 0.630. The molecule has 0 saturated carbocycles. The maximum Gasteiger partial charge on any atom is 0.222 e. The second-order valence-corrected chi connectivity index (χ2v) is 4.60. The van der Waals surface area contributed by atoms with Crippen molar-refractivity contribution < 1.29 is 4.39 Å². The summed E-state index contributed by atoms with van der Waals surface area (Å²) in [5.41, 5.74) is 6.86. The van der Waals surface area contributed by atoms with E-state index < -0.39 is 0 Å². The molecule has 0 saturated heterocycles. The SMILES string of the molecule is Nc1nc(-c2cc(Br)ccc2F)c2cn[nH]c2n1. The topological polar surface area (TPSA) is 80.5 Å². The van der Waals surface area contributed by atoms with Crippen molar-refractivity contribution in [3.63, 3.8) is 0 Å². The van der Waals surface area contributed by atoms with Crippen molar-refractivity contribution in [1.82, 2.24) is 20.2 Å². The molecule has 2 heterocycles. The Morgan fingerprint density at radius 2 is 2.11 bits per heavy atom. The van der Waals surface area contributed by atoms with Crippen LogP contribution in [-0.2, 0) is 0 Å². The largest absolute Gasteiger partial charge is 0.368 e. The average molecular weight is 308 g/mol. The highest BCUT2D eigenvalue weighted by Crippen LogP contribution is 2.29. The van der Waals surface area contributed by atoms with Crippen molar-refractivity contribution in [3.8, 4) is 11.3 Å². The van der Waals surface area contributed by atoms with Gasteiger partial charge in [0.25, 0.3) is 0 Å². The zero-order valence-corrected chi connectivity index (χ0v) is 10.6. The Bertz CT molecular complexity index is 739. The van der Waals surface area contributed by atoms with Crippen LogP contribution in [0.2, 0.25) is 0 Å². The lowest BCUT2D eigenvalue weighted by atomic mass is 10.1. The third-order valence-electron chi connectivity index (χ3n) is 2.51. The van der Waals surface area contributed by atoms with Gasteiger partial charge in [-0.1, -0.05) is 15.9 Å². The van der Waals surface area contributed by atoms with E-state index >= 15 is 0 Å². The number of nitrogens with one attached hydrogen (secondary N) is 1. The molecule has 0 amide bonds. The summed E-state index contributed by atoms with van der Waals surface area (Å²) >= 11 is 3.30. The molecule has 0 bridgehead atoms. The maximum atomic E-state index is 13.9. The van der Waals surface area contributed by atoms with Crippen LogP contribution < -0.4 is 5.73 Å². The minimum atomic E-state index is -0.376. The molecule has 0 radical (unpaired) electrons. The molecule has 0 atom stereocenters. The van der Waals surface area contributed by atoms with Gasteiger partial charge in [0.2, 0.25) is 5.95 Å². The van der Waals surface area contributed by atoms with Gasteiger partial charge in [0.15, 0.2) is 5.65 Å². The normalized spacial score (nSPS) is 11.0. The molecule has 0 spiro atoms. The number of nitrogens with zero attached hydrogens (tertiary/aromatic N) is 3. The summed E-state index contributed by atoms with van der Waals surface area (Å²) in [4.78, 5) is 8.08. The first-order chi connectivity index (χ1) is 8.65. The first kappa shape index (κ1) is 11.1. The second kappa shape index (κ2) is 4.02. The predicted molar refractivity (Wildman–Crippen MR) is 69.2 cm³/mol. The first-order valence-electron chi connectivity index (χ1n) is 5.07. The molecule has 5 nitrogen and oxygen atoms in total. The first-order valence-corrected chi connectivity index (χ1v) is 5.86. The Labute approximate surface area is 109 Å². The monoisotopic (exact) mass is 307 g/mol. The van der Waals surface area contributed by atoms with Gasteiger partial charge in [-0.25, -0.2) is 9.37 Å². The summed E-state index contributed by atoms with van der Waals surface area (Å²) in [5.74, 6) is -0.306. The molecule has 0 aliphatic heterocycles. The number of aromatic amines is 1. The minimum Gasteiger partial charge on any atom is -0.368 e. The molecule has 1 aromatic carbocycles. The third kappa shape index (κ3) is 1.72. The second-order valence-electron chi connectivity index (χ2n) is 3.69. The van der Waals surface area contributed by atoms with E-state index in [0.29, 0.717) is 22.3 Å². The smallest absolute Gasteiger partial charge is 0.222 e. The number of nitrogens with two attached hydrogens (primary N) is 1. The van der Waals surface area contributed by atoms with E-state index in [0.717, 1.165) is 4.47 Å². The fourth-order valence-corrected chi connectivity index (χ4v) is 2.10. The van der Waals surface area contributed by atoms with E-state index in [1.807, 2.05) is 0 Å². The number of benzene rings is 1. The number of nitrogen functional groups attached to an aromatic ring is 1. The maximum absolute atomic E-state index is 13.9. The molecule has 0 aliphatic carbocycles. The number of hydrogen-bond acceptors (Lipinski definition) is 4. The molecule has 7 heteroatoms. The zero-order chi connectivity index (χ0) is 12.7. The van der Waals surface area contributed by atoms with Crippen LogP contribution in [0.5, 0.6) is 0 Å². The summed E-state index contributed by atoms with van der Waals surface area (Å²) in [7, 11) is 0. The number of rotatable bonds is 1. The Morgan fingerprint density at radius 1 is 1.28 bits per heavy atom. The van der Waals surface area contributed by atoms with E-state index in [2.05, 4.69) is 36.1 Å². The molecule has 0 fully saturated rings. The van der Waals surface area contributed by atoms with Gasteiger partial charge < -0.3 is 5.73 Å². The number of H-pyrrole nitrogens is 1. The van der Waals surface area contributed by atoms with E-state index in [-0.39, 0.29) is 11.8 Å². The molecule has 3 aromatic rings. The van der Waals surface area contributed by atoms with Crippen LogP contribution >= 0.6 is 15.9 Å². The summed E-state index contributed by atoms with van der Waals surface area (Å²) < 4.78 is 14.6. The van der Waals surface area contributed by atoms with Crippen LogP contribution in [0.15, 0.2) is 28.9 Å². The van der Waals surface area contributed by atoms with Crippen LogP contribution in [0.25, 0.3) is 22.3 Å². The zero-order valence-electron chi connectivity index (χ0n) is 8.98. The number of aromatic nitrogens is 4. The van der Waals surface area contributed by atoms with Gasteiger partial charge in [-0.15, -0.1) is 0 Å². The number of halogens is 2. The third-order valence-corrected chi connectivity index (χ3v) is 3.00. The quantitative estimate of drug-likeness (QED) is 0.724. The van der Waals surface area contributed by atoms with E-state index in [4.69, 9.17) is 5.73 Å². The fourth-order valence-electron chi connectivity index (χ4n) is 1.74. The highest BCUT2D eigenvalue weighted by atomic mass is 79.9. The van der Waals surface area contributed by atoms with Gasteiger partial charge in [-0.05, 0) is 18.2 Å². The summed E-state index contributed by atoms with van der Waals surface area (Å²) in [6.07, 6.45) is 1.55. The molecule has 0 aliphatic rings. The summed E-state index contributed by atoms with van der Waals surface area (Å²) in [5, 5.41) is 7.18. The lowest BCUT2D eigenvalue weighted by Crippen LogP contribution is -1.98. The minimum absolute atomic E-state index is 0.0705. The van der Waals surface area contributed by atoms with Crippen molar-refractivity contribution in [2.24, 2.45) is 0 Å². The molecular formula is C11H7BrFN5. The average Bonchev–Trinajstić information content (AvgIpc) is 2.79. The molecule has 3 N–H and O–H groups in total. The summed E-state index contributed by atoms with van der Waals surface area (Å²) in [6, 6.07) is 4.63. The highest BCUT2D eigenvalue weighted by Gasteiger charge is 2.14. The van der Waals surface area contributed by atoms with Crippen molar-refractivity contribution in [1.29, 1.82) is 0 Å². The Hall–Kier alpha value is -2.02. The number of anilines is 1. The van der Waals surface area contributed by atoms with Gasteiger partial charge in [0.05, 0.1) is 17.3 Å². The van der Waals surface area contributed by atoms with E-state index in [1.54, 1.807) is 18.3 Å². The van der Waals surface area contributed by atoms with Crippen molar-refractivity contribution >= 4 is 32.9 Å². The van der Waals surface area contributed by atoms with Gasteiger partial charge in [-0.3, -0.25) is 5.10 Å². The highest BCUT2D eigenvalue weighted by molar-refractivity contribution is 9.10. The predicted octanol–water partition coefficient (Wildman–Crippen LogP) is 2.50. The van der Waals surface area contributed by atoms with Crippen LogP contribution in [0.3, 0.4) is 0 Å². The standard InChI is InChI=1S/C11H7BrFN5/c12-5-1-2-8(13)6(3-5)9-7-4-15-18-10(7)17-11(14)16-9/h1-4H,(H3,14,15,16,17,18). The van der Waals surface area contributed by atoms with Crippen molar-refractivity contribution in [2.75, 3.05) is 5.73 Å². The van der Waals surface area contributed by atoms with E-state index in [1.165, 1.54) is 6.07 Å². The van der Waals surface area contributed by atoms with Crippen LogP contribution in [0, 0.1) is 5.82 Å². The van der Waals surface area contributed by atoms with Crippen molar-refractivity contribution in [3.05, 3.63) is 34.7 Å². The van der Waals surface area contributed by atoms with Gasteiger partial charge >= 0.3 is 0 Å². The van der Waals surface area contributed by atoms with Gasteiger partial charge in [0, 0.05) is 10.0 Å². The number of fused-ring (bicyclic) bond motifs is 1. The Balaban J connectivity index is 2.37. The van der Waals surface area contributed by atoms with Crippen LogP contribution in [0.1, 0.15) is 0 Å².